The number of benzene rings is 1. The van der Waals surface area contributed by atoms with Crippen LogP contribution in [0, 0.1) is 0 Å². The molecule has 15 heavy (non-hydrogen) atoms. The molecule has 0 aliphatic heterocycles. The van der Waals surface area contributed by atoms with E-state index >= 15 is 0 Å². The van der Waals surface area contributed by atoms with Crippen LogP contribution in [0.1, 0.15) is 10.5 Å². The van der Waals surface area contributed by atoms with Gasteiger partial charge in [-0.25, -0.2) is 0 Å². The highest BCUT2D eigenvalue weighted by Gasteiger charge is 2.13. The van der Waals surface area contributed by atoms with E-state index in [-0.39, 0.29) is 17.4 Å². The maximum atomic E-state index is 11.6. The van der Waals surface area contributed by atoms with E-state index in [0.29, 0.717) is 5.69 Å². The summed E-state index contributed by atoms with van der Waals surface area (Å²) in [4.78, 5) is 11.6. The third-order valence-corrected chi connectivity index (χ3v) is 2.30. The maximum absolute atomic E-state index is 11.6. The Labute approximate surface area is 90.3 Å². The summed E-state index contributed by atoms with van der Waals surface area (Å²) in [5, 5.41) is 2.67. The molecule has 1 heterocycles. The molecule has 1 aromatic heterocycles. The zero-order valence-corrected chi connectivity index (χ0v) is 8.49. The second kappa shape index (κ2) is 4.05. The van der Waals surface area contributed by atoms with Gasteiger partial charge in [-0.15, -0.1) is 0 Å². The molecule has 1 amide bonds. The molecular weight excluding hydrogens is 212 g/mol. The van der Waals surface area contributed by atoms with Crippen molar-refractivity contribution >= 4 is 29.1 Å². The zero-order chi connectivity index (χ0) is 10.7. The van der Waals surface area contributed by atoms with Crippen molar-refractivity contribution in [2.24, 2.45) is 0 Å². The van der Waals surface area contributed by atoms with E-state index in [1.54, 1.807) is 12.1 Å². The first kappa shape index (κ1) is 9.60. The molecule has 6 heteroatoms. The van der Waals surface area contributed by atoms with Gasteiger partial charge in [-0.1, -0.05) is 18.2 Å². The number of rotatable bonds is 2. The normalized spacial score (nSPS) is 9.87. The number of nitrogens with one attached hydrogen (secondary N) is 1. The molecule has 0 bridgehead atoms. The van der Waals surface area contributed by atoms with Gasteiger partial charge in [0, 0.05) is 5.69 Å². The number of aromatic nitrogens is 2. The molecule has 0 aliphatic rings. The van der Waals surface area contributed by atoms with Gasteiger partial charge in [-0.3, -0.25) is 4.79 Å². The van der Waals surface area contributed by atoms with E-state index in [9.17, 15) is 4.79 Å². The van der Waals surface area contributed by atoms with E-state index in [4.69, 9.17) is 5.73 Å². The number of hydrogen-bond donors (Lipinski definition) is 2. The smallest absolute Gasteiger partial charge is 0.279 e. The van der Waals surface area contributed by atoms with E-state index in [0.717, 1.165) is 11.7 Å². The first-order chi connectivity index (χ1) is 7.27. The summed E-state index contributed by atoms with van der Waals surface area (Å²) in [6.07, 6.45) is 0. The molecule has 0 saturated carbocycles. The summed E-state index contributed by atoms with van der Waals surface area (Å²) in [5.41, 5.74) is 6.34. The summed E-state index contributed by atoms with van der Waals surface area (Å²) >= 11 is 0.919. The Bertz CT molecular complexity index is 468. The van der Waals surface area contributed by atoms with E-state index in [2.05, 4.69) is 14.1 Å². The van der Waals surface area contributed by atoms with Gasteiger partial charge in [0.05, 0.1) is 11.7 Å². The van der Waals surface area contributed by atoms with Crippen molar-refractivity contribution < 1.29 is 4.79 Å². The van der Waals surface area contributed by atoms with Gasteiger partial charge < -0.3 is 11.1 Å². The highest BCUT2D eigenvalue weighted by molar-refractivity contribution is 6.99. The molecular formula is C9H8N4OS. The fourth-order valence-corrected chi connectivity index (χ4v) is 1.54. The number of carbonyl (C=O) groups is 1. The van der Waals surface area contributed by atoms with Crippen LogP contribution in [0.5, 0.6) is 0 Å². The molecule has 0 unspecified atom stereocenters. The van der Waals surface area contributed by atoms with Crippen molar-refractivity contribution in [2.45, 2.75) is 0 Å². The predicted molar refractivity (Wildman–Crippen MR) is 58.7 cm³/mol. The molecule has 0 radical (unpaired) electrons. The molecule has 0 fully saturated rings. The van der Waals surface area contributed by atoms with Gasteiger partial charge in [-0.05, 0) is 12.1 Å². The van der Waals surface area contributed by atoms with Gasteiger partial charge >= 0.3 is 0 Å². The fourth-order valence-electron chi connectivity index (χ4n) is 1.06. The van der Waals surface area contributed by atoms with Crippen LogP contribution in [-0.4, -0.2) is 14.7 Å². The summed E-state index contributed by atoms with van der Waals surface area (Å²) < 4.78 is 7.53. The Kier molecular flexibility index (Phi) is 2.59. The van der Waals surface area contributed by atoms with Crippen molar-refractivity contribution in [3.63, 3.8) is 0 Å². The molecule has 2 aromatic rings. The van der Waals surface area contributed by atoms with Crippen LogP contribution in [0.3, 0.4) is 0 Å². The molecule has 3 N–H and O–H groups in total. The summed E-state index contributed by atoms with van der Waals surface area (Å²) in [5.74, 6) is -0.180. The number of para-hydroxylation sites is 1. The molecule has 0 saturated heterocycles. The Hall–Kier alpha value is -1.95. The standard InChI is InChI=1S/C9H8N4OS/c10-8-7(12-15-13-8)9(14)11-6-4-2-1-3-5-6/h1-5H,(H2,10,13)(H,11,14). The molecule has 76 valence electrons. The lowest BCUT2D eigenvalue weighted by Crippen LogP contribution is -2.13. The average Bonchev–Trinajstić information content (AvgIpc) is 2.66. The average molecular weight is 220 g/mol. The molecule has 0 spiro atoms. The summed E-state index contributed by atoms with van der Waals surface area (Å²) in [6, 6.07) is 9.10. The third kappa shape index (κ3) is 2.10. The van der Waals surface area contributed by atoms with E-state index in [1.807, 2.05) is 18.2 Å². The van der Waals surface area contributed by atoms with Crippen molar-refractivity contribution in [2.75, 3.05) is 11.1 Å². The highest BCUT2D eigenvalue weighted by atomic mass is 32.1. The van der Waals surface area contributed by atoms with E-state index < -0.39 is 0 Å². The monoisotopic (exact) mass is 220 g/mol. The number of nitrogens with zero attached hydrogens (tertiary/aromatic N) is 2. The number of nitrogen functional groups attached to an aromatic ring is 1. The van der Waals surface area contributed by atoms with Crippen molar-refractivity contribution in [1.82, 2.24) is 8.75 Å². The molecule has 5 nitrogen and oxygen atoms in total. The van der Waals surface area contributed by atoms with Crippen LogP contribution >= 0.6 is 11.7 Å². The van der Waals surface area contributed by atoms with E-state index in [1.165, 1.54) is 0 Å². The van der Waals surface area contributed by atoms with Gasteiger partial charge in [0.25, 0.3) is 5.91 Å². The molecule has 2 rings (SSSR count). The Morgan fingerprint density at radius 1 is 1.27 bits per heavy atom. The SMILES string of the molecule is Nc1nsnc1C(=O)Nc1ccccc1. The quantitative estimate of drug-likeness (QED) is 0.801. The topological polar surface area (TPSA) is 80.9 Å². The second-order valence-corrected chi connectivity index (χ2v) is 3.35. The first-order valence-electron chi connectivity index (χ1n) is 4.22. The predicted octanol–water partition coefficient (Wildman–Crippen LogP) is 1.37. The van der Waals surface area contributed by atoms with Gasteiger partial charge in [0.2, 0.25) is 0 Å². The minimum absolute atomic E-state index is 0.161. The van der Waals surface area contributed by atoms with Gasteiger partial charge in [-0.2, -0.15) is 8.75 Å². The van der Waals surface area contributed by atoms with Crippen LogP contribution in [-0.2, 0) is 0 Å². The number of hydrogen-bond acceptors (Lipinski definition) is 5. The summed E-state index contributed by atoms with van der Waals surface area (Å²) in [7, 11) is 0. The van der Waals surface area contributed by atoms with Gasteiger partial charge in [0.15, 0.2) is 11.5 Å². The number of nitrogens with two attached hydrogens (primary N) is 1. The van der Waals surface area contributed by atoms with Gasteiger partial charge in [0.1, 0.15) is 0 Å². The van der Waals surface area contributed by atoms with Crippen molar-refractivity contribution in [1.29, 1.82) is 0 Å². The van der Waals surface area contributed by atoms with Crippen molar-refractivity contribution in [3.05, 3.63) is 36.0 Å². The van der Waals surface area contributed by atoms with Crippen LogP contribution in [0.15, 0.2) is 30.3 Å². The van der Waals surface area contributed by atoms with Crippen LogP contribution in [0.2, 0.25) is 0 Å². The van der Waals surface area contributed by atoms with Crippen LogP contribution < -0.4 is 11.1 Å². The number of carbonyl (C=O) groups excluding carboxylic acids is 1. The Morgan fingerprint density at radius 3 is 2.60 bits per heavy atom. The second-order valence-electron chi connectivity index (χ2n) is 2.82. The lowest BCUT2D eigenvalue weighted by atomic mass is 10.3. The fraction of sp³-hybridized carbons (Fsp3) is 0. The van der Waals surface area contributed by atoms with Crippen LogP contribution in [0.4, 0.5) is 11.5 Å². The first-order valence-corrected chi connectivity index (χ1v) is 4.95. The number of amides is 1. The maximum Gasteiger partial charge on any atom is 0.279 e. The van der Waals surface area contributed by atoms with Crippen LogP contribution in [0.25, 0.3) is 0 Å². The lowest BCUT2D eigenvalue weighted by molar-refractivity contribution is 0.102. The summed E-state index contributed by atoms with van der Waals surface area (Å²) in [6.45, 7) is 0. The number of anilines is 2. The minimum atomic E-state index is -0.340. The lowest BCUT2D eigenvalue weighted by Gasteiger charge is -2.01. The molecule has 1 aromatic carbocycles. The highest BCUT2D eigenvalue weighted by Crippen LogP contribution is 2.11. The Balaban J connectivity index is 2.15. The molecule has 0 atom stereocenters. The largest absolute Gasteiger partial charge is 0.381 e. The zero-order valence-electron chi connectivity index (χ0n) is 7.68. The Morgan fingerprint density at radius 2 is 2.00 bits per heavy atom. The minimum Gasteiger partial charge on any atom is -0.381 e. The van der Waals surface area contributed by atoms with Crippen molar-refractivity contribution in [3.8, 4) is 0 Å². The molecule has 0 aliphatic carbocycles. The third-order valence-electron chi connectivity index (χ3n) is 1.76.